The van der Waals surface area contributed by atoms with Crippen LogP contribution in [0.25, 0.3) is 76.5 Å². The van der Waals surface area contributed by atoms with Crippen molar-refractivity contribution in [3.8, 4) is 11.1 Å². The maximum Gasteiger partial charge on any atom is 0.0796 e. The van der Waals surface area contributed by atoms with Gasteiger partial charge in [-0.3, -0.25) is 0 Å². The Morgan fingerprint density at radius 1 is 0.333 bits per heavy atom. The molecule has 3 heterocycles. The quantitative estimate of drug-likeness (QED) is 0.218. The number of fused-ring (bicyclic) bond motifs is 12. The van der Waals surface area contributed by atoms with Crippen LogP contribution < -0.4 is 0 Å². The molecule has 0 aliphatic rings. The molecule has 0 N–H and O–H groups in total. The van der Waals surface area contributed by atoms with Gasteiger partial charge < -0.3 is 8.80 Å². The fraction of sp³-hybridized carbons (Fsp3) is 0. The van der Waals surface area contributed by atoms with Gasteiger partial charge in [-0.05, 0) is 40.8 Å². The summed E-state index contributed by atoms with van der Waals surface area (Å²) in [6.07, 6.45) is 0. The first kappa shape index (κ1) is 18.5. The van der Waals surface area contributed by atoms with Gasteiger partial charge in [0.1, 0.15) is 0 Å². The van der Waals surface area contributed by atoms with E-state index >= 15 is 0 Å². The zero-order valence-electron chi connectivity index (χ0n) is 19.4. The molecule has 9 rings (SSSR count). The lowest BCUT2D eigenvalue weighted by molar-refractivity contribution is 1.26. The molecule has 0 amide bonds. The number of para-hydroxylation sites is 4. The highest BCUT2D eigenvalue weighted by atomic mass is 15.0. The molecule has 0 aliphatic heterocycles. The number of benzene rings is 6. The van der Waals surface area contributed by atoms with Crippen molar-refractivity contribution in [3.05, 3.63) is 121 Å². The second-order valence-electron chi connectivity index (χ2n) is 9.74. The number of rotatable bonds is 1. The van der Waals surface area contributed by atoms with E-state index in [1.165, 1.54) is 76.5 Å². The Balaban J connectivity index is 1.76. The fourth-order valence-corrected chi connectivity index (χ4v) is 6.69. The molecule has 0 saturated carbocycles. The first-order chi connectivity index (χ1) is 17.9. The van der Waals surface area contributed by atoms with Crippen LogP contribution in [0.5, 0.6) is 0 Å². The predicted molar refractivity (Wildman–Crippen MR) is 153 cm³/mol. The van der Waals surface area contributed by atoms with Crippen LogP contribution in [0.15, 0.2) is 121 Å². The lowest BCUT2D eigenvalue weighted by atomic mass is 9.92. The van der Waals surface area contributed by atoms with Gasteiger partial charge in [0.2, 0.25) is 0 Å². The van der Waals surface area contributed by atoms with Crippen LogP contribution in [0.4, 0.5) is 0 Å². The third kappa shape index (κ3) is 2.06. The molecule has 2 heteroatoms. The van der Waals surface area contributed by atoms with Gasteiger partial charge in [0.15, 0.2) is 0 Å². The SMILES string of the molecule is c1ccc(-c2cccc3c2c2c4ccccc4n4c5ccccc5n5c6ccccc6c3c5c24)cc1. The molecular weight excluding hydrogens is 436 g/mol. The Morgan fingerprint density at radius 2 is 0.833 bits per heavy atom. The van der Waals surface area contributed by atoms with Crippen LogP contribution in [0, 0.1) is 0 Å². The minimum atomic E-state index is 1.23. The molecule has 2 nitrogen and oxygen atoms in total. The molecule has 0 radical (unpaired) electrons. The van der Waals surface area contributed by atoms with E-state index in [-0.39, 0.29) is 0 Å². The summed E-state index contributed by atoms with van der Waals surface area (Å²) in [7, 11) is 0. The first-order valence-corrected chi connectivity index (χ1v) is 12.5. The van der Waals surface area contributed by atoms with Gasteiger partial charge in [0.05, 0.1) is 33.1 Å². The van der Waals surface area contributed by atoms with Gasteiger partial charge in [0, 0.05) is 26.9 Å². The third-order valence-corrected chi connectivity index (χ3v) is 8.01. The average molecular weight is 457 g/mol. The van der Waals surface area contributed by atoms with E-state index in [0.717, 1.165) is 0 Å². The zero-order valence-corrected chi connectivity index (χ0v) is 19.4. The molecule has 0 fully saturated rings. The van der Waals surface area contributed by atoms with E-state index in [9.17, 15) is 0 Å². The third-order valence-electron chi connectivity index (χ3n) is 8.01. The van der Waals surface area contributed by atoms with Gasteiger partial charge in [-0.15, -0.1) is 0 Å². The van der Waals surface area contributed by atoms with Crippen LogP contribution in [0.1, 0.15) is 0 Å². The van der Waals surface area contributed by atoms with Crippen molar-refractivity contribution in [2.24, 2.45) is 0 Å². The number of nitrogens with zero attached hydrogens (tertiary/aromatic N) is 2. The Hall–Kier alpha value is -4.82. The summed E-state index contributed by atoms with van der Waals surface area (Å²) in [6, 6.07) is 44.3. The topological polar surface area (TPSA) is 8.82 Å². The van der Waals surface area contributed by atoms with Crippen LogP contribution in [-0.4, -0.2) is 8.80 Å². The Morgan fingerprint density at radius 3 is 1.50 bits per heavy atom. The highest BCUT2D eigenvalue weighted by molar-refractivity contribution is 6.38. The van der Waals surface area contributed by atoms with E-state index in [1.807, 2.05) is 0 Å². The number of hydrogen-bond acceptors (Lipinski definition) is 0. The van der Waals surface area contributed by atoms with E-state index in [1.54, 1.807) is 0 Å². The molecule has 36 heavy (non-hydrogen) atoms. The molecule has 166 valence electrons. The van der Waals surface area contributed by atoms with Gasteiger partial charge in [-0.1, -0.05) is 97.1 Å². The van der Waals surface area contributed by atoms with Gasteiger partial charge in [-0.25, -0.2) is 0 Å². The van der Waals surface area contributed by atoms with E-state index in [0.29, 0.717) is 0 Å². The molecule has 0 saturated heterocycles. The van der Waals surface area contributed by atoms with E-state index in [4.69, 9.17) is 0 Å². The number of hydrogen-bond donors (Lipinski definition) is 0. The monoisotopic (exact) mass is 456 g/mol. The highest BCUT2D eigenvalue weighted by Crippen LogP contribution is 2.48. The van der Waals surface area contributed by atoms with Crippen molar-refractivity contribution in [2.45, 2.75) is 0 Å². The summed E-state index contributed by atoms with van der Waals surface area (Å²) in [5.41, 5.74) is 10.1. The standard InChI is InChI=1S/C34H20N2/c1-2-11-21(12-3-1)22-15-10-16-25-30(22)32-24-14-5-7-18-27(24)36-29-20-9-8-19-28(29)35-26-17-6-4-13-23(26)31(25)33(35)34(32)36/h1-20H. The summed E-state index contributed by atoms with van der Waals surface area (Å²) in [5, 5.41) is 7.93. The lowest BCUT2D eigenvalue weighted by Crippen LogP contribution is -1.97. The van der Waals surface area contributed by atoms with Crippen molar-refractivity contribution in [1.29, 1.82) is 0 Å². The van der Waals surface area contributed by atoms with Crippen molar-refractivity contribution >= 4 is 65.4 Å². The number of aromatic nitrogens is 2. The Labute approximate surface area is 206 Å². The highest BCUT2D eigenvalue weighted by Gasteiger charge is 2.25. The average Bonchev–Trinajstić information content (AvgIpc) is 3.48. The minimum Gasteiger partial charge on any atom is -0.305 e. The van der Waals surface area contributed by atoms with Crippen LogP contribution in [-0.2, 0) is 0 Å². The molecular formula is C34H20N2. The molecule has 0 bridgehead atoms. The maximum absolute atomic E-state index is 2.50. The second kappa shape index (κ2) is 6.44. The summed E-state index contributed by atoms with van der Waals surface area (Å²) in [5.74, 6) is 0. The predicted octanol–water partition coefficient (Wildman–Crippen LogP) is 9.06. The van der Waals surface area contributed by atoms with E-state index in [2.05, 4.69) is 130 Å². The molecule has 0 spiro atoms. The molecule has 0 aliphatic carbocycles. The fourth-order valence-electron chi connectivity index (χ4n) is 6.69. The van der Waals surface area contributed by atoms with Crippen molar-refractivity contribution in [3.63, 3.8) is 0 Å². The second-order valence-corrected chi connectivity index (χ2v) is 9.74. The summed E-state index contributed by atoms with van der Waals surface area (Å²) >= 11 is 0. The Kier molecular flexibility index (Phi) is 3.31. The molecule has 9 aromatic rings. The summed E-state index contributed by atoms with van der Waals surface area (Å²) in [4.78, 5) is 0. The van der Waals surface area contributed by atoms with Crippen LogP contribution >= 0.6 is 0 Å². The van der Waals surface area contributed by atoms with Crippen molar-refractivity contribution < 1.29 is 0 Å². The molecule has 3 aromatic heterocycles. The maximum atomic E-state index is 2.50. The van der Waals surface area contributed by atoms with Gasteiger partial charge in [0.25, 0.3) is 0 Å². The summed E-state index contributed by atoms with van der Waals surface area (Å²) < 4.78 is 5.00. The zero-order chi connectivity index (χ0) is 23.4. The smallest absolute Gasteiger partial charge is 0.0796 e. The van der Waals surface area contributed by atoms with Crippen LogP contribution in [0.2, 0.25) is 0 Å². The first-order valence-electron chi connectivity index (χ1n) is 12.5. The lowest BCUT2D eigenvalue weighted by Gasteiger charge is -2.14. The minimum absolute atomic E-state index is 1.23. The van der Waals surface area contributed by atoms with Crippen molar-refractivity contribution in [1.82, 2.24) is 8.80 Å². The largest absolute Gasteiger partial charge is 0.305 e. The van der Waals surface area contributed by atoms with Crippen LogP contribution in [0.3, 0.4) is 0 Å². The van der Waals surface area contributed by atoms with Gasteiger partial charge >= 0.3 is 0 Å². The molecule has 0 atom stereocenters. The normalized spacial score (nSPS) is 12.4. The summed E-state index contributed by atoms with van der Waals surface area (Å²) in [6.45, 7) is 0. The van der Waals surface area contributed by atoms with E-state index < -0.39 is 0 Å². The van der Waals surface area contributed by atoms with Crippen molar-refractivity contribution in [2.75, 3.05) is 0 Å². The Bertz CT molecular complexity index is 2290. The molecule has 0 unspecified atom stereocenters. The molecule has 6 aromatic carbocycles. The van der Waals surface area contributed by atoms with Gasteiger partial charge in [-0.2, -0.15) is 0 Å².